The van der Waals surface area contributed by atoms with Gasteiger partial charge in [0, 0.05) is 37.0 Å². The van der Waals surface area contributed by atoms with Crippen LogP contribution in [0.25, 0.3) is 0 Å². The smallest absolute Gasteiger partial charge is 0.0551 e. The van der Waals surface area contributed by atoms with Crippen LogP contribution in [0.5, 0.6) is 0 Å². The Kier molecular flexibility index (Phi) is 2.34. The van der Waals surface area contributed by atoms with Crippen LogP contribution in [0.2, 0.25) is 0 Å². The molecule has 0 aliphatic carbocycles. The van der Waals surface area contributed by atoms with Gasteiger partial charge in [-0.3, -0.25) is 4.90 Å². The second-order valence-electron chi connectivity index (χ2n) is 4.80. The molecular weight excluding hydrogens is 164 g/mol. The van der Waals surface area contributed by atoms with Gasteiger partial charge < -0.3 is 10.5 Å². The van der Waals surface area contributed by atoms with Crippen molar-refractivity contribution >= 4 is 0 Å². The highest BCUT2D eigenvalue weighted by Gasteiger charge is 2.49. The predicted octanol–water partition coefficient (Wildman–Crippen LogP) is 0.302. The van der Waals surface area contributed by atoms with Crippen LogP contribution in [0.1, 0.15) is 13.8 Å². The molecule has 2 aliphatic heterocycles. The van der Waals surface area contributed by atoms with Crippen molar-refractivity contribution in [3.63, 3.8) is 0 Å². The summed E-state index contributed by atoms with van der Waals surface area (Å²) in [5.41, 5.74) is 6.15. The Balaban J connectivity index is 2.09. The molecule has 3 nitrogen and oxygen atoms in total. The fourth-order valence-electron chi connectivity index (χ4n) is 2.56. The number of ether oxygens (including phenoxy) is 1. The molecule has 2 N–H and O–H groups in total. The van der Waals surface area contributed by atoms with Crippen molar-refractivity contribution in [3.8, 4) is 0 Å². The quantitative estimate of drug-likeness (QED) is 0.671. The average molecular weight is 184 g/mol. The van der Waals surface area contributed by atoms with E-state index in [1.807, 2.05) is 0 Å². The molecule has 3 heteroatoms. The highest BCUT2D eigenvalue weighted by atomic mass is 16.5. The molecule has 0 amide bonds. The second-order valence-corrected chi connectivity index (χ2v) is 4.80. The highest BCUT2D eigenvalue weighted by molar-refractivity contribution is 5.01. The molecule has 0 radical (unpaired) electrons. The Morgan fingerprint density at radius 1 is 1.62 bits per heavy atom. The second kappa shape index (κ2) is 3.23. The molecule has 13 heavy (non-hydrogen) atoms. The summed E-state index contributed by atoms with van der Waals surface area (Å²) in [6.45, 7) is 9.39. The van der Waals surface area contributed by atoms with Crippen LogP contribution >= 0.6 is 0 Å². The van der Waals surface area contributed by atoms with Crippen LogP contribution in [0.3, 0.4) is 0 Å². The fourth-order valence-corrected chi connectivity index (χ4v) is 2.56. The van der Waals surface area contributed by atoms with Gasteiger partial charge in [-0.1, -0.05) is 0 Å². The molecule has 2 rings (SSSR count). The zero-order valence-electron chi connectivity index (χ0n) is 8.62. The summed E-state index contributed by atoms with van der Waals surface area (Å²) in [7, 11) is 0. The molecule has 0 spiro atoms. The SMILES string of the molecule is CC(C)N1C[C@@H]2COC[C@]2(CN)C1. The Morgan fingerprint density at radius 2 is 2.38 bits per heavy atom. The zero-order chi connectivity index (χ0) is 9.47. The van der Waals surface area contributed by atoms with Crippen LogP contribution in [-0.4, -0.2) is 43.8 Å². The summed E-state index contributed by atoms with van der Waals surface area (Å²) in [5.74, 6) is 0.680. The van der Waals surface area contributed by atoms with Crippen molar-refractivity contribution in [2.24, 2.45) is 17.1 Å². The largest absolute Gasteiger partial charge is 0.380 e. The van der Waals surface area contributed by atoms with Gasteiger partial charge in [0.15, 0.2) is 0 Å². The molecule has 0 saturated carbocycles. The van der Waals surface area contributed by atoms with Crippen molar-refractivity contribution < 1.29 is 4.74 Å². The lowest BCUT2D eigenvalue weighted by molar-refractivity contribution is 0.122. The predicted molar refractivity (Wildman–Crippen MR) is 52.5 cm³/mol. The molecule has 2 saturated heterocycles. The monoisotopic (exact) mass is 184 g/mol. The summed E-state index contributed by atoms with van der Waals surface area (Å²) < 4.78 is 5.53. The number of nitrogens with zero attached hydrogens (tertiary/aromatic N) is 1. The Hall–Kier alpha value is -0.120. The third-order valence-corrected chi connectivity index (χ3v) is 3.68. The van der Waals surface area contributed by atoms with Gasteiger partial charge in [0.05, 0.1) is 13.2 Å². The summed E-state index contributed by atoms with van der Waals surface area (Å²) in [6.07, 6.45) is 0. The maximum absolute atomic E-state index is 5.87. The third kappa shape index (κ3) is 1.39. The number of hydrogen-bond acceptors (Lipinski definition) is 3. The molecular formula is C10H20N2O. The summed E-state index contributed by atoms with van der Waals surface area (Å²) in [6, 6.07) is 0.647. The van der Waals surface area contributed by atoms with Crippen LogP contribution in [0.15, 0.2) is 0 Å². The van der Waals surface area contributed by atoms with Crippen LogP contribution in [0, 0.1) is 11.3 Å². The van der Waals surface area contributed by atoms with Gasteiger partial charge in [-0.15, -0.1) is 0 Å². The first-order valence-electron chi connectivity index (χ1n) is 5.20. The van der Waals surface area contributed by atoms with Crippen molar-refractivity contribution in [1.82, 2.24) is 4.90 Å². The van der Waals surface area contributed by atoms with Gasteiger partial charge >= 0.3 is 0 Å². The van der Waals surface area contributed by atoms with E-state index in [0.29, 0.717) is 12.0 Å². The molecule has 0 unspecified atom stereocenters. The molecule has 0 aromatic rings. The van der Waals surface area contributed by atoms with E-state index < -0.39 is 0 Å². The van der Waals surface area contributed by atoms with Gasteiger partial charge in [0.1, 0.15) is 0 Å². The standard InChI is InChI=1S/C10H20N2O/c1-8(2)12-3-9-4-13-7-10(9,5-11)6-12/h8-9H,3-7,11H2,1-2H3/t9-,10+/m1/s1. The van der Waals surface area contributed by atoms with E-state index in [0.717, 1.165) is 26.3 Å². The molecule has 2 aliphatic rings. The Bertz CT molecular complexity index is 195. The first kappa shape index (κ1) is 9.44. The number of rotatable bonds is 2. The first-order chi connectivity index (χ1) is 6.18. The Labute approximate surface area is 80.2 Å². The normalized spacial score (nSPS) is 40.2. The van der Waals surface area contributed by atoms with E-state index in [1.165, 1.54) is 6.54 Å². The van der Waals surface area contributed by atoms with E-state index in [1.54, 1.807) is 0 Å². The molecule has 0 aromatic heterocycles. The van der Waals surface area contributed by atoms with E-state index >= 15 is 0 Å². The van der Waals surface area contributed by atoms with Gasteiger partial charge in [-0.25, -0.2) is 0 Å². The topological polar surface area (TPSA) is 38.5 Å². The van der Waals surface area contributed by atoms with E-state index in [2.05, 4.69) is 18.7 Å². The minimum absolute atomic E-state index is 0.282. The minimum Gasteiger partial charge on any atom is -0.380 e. The van der Waals surface area contributed by atoms with Gasteiger partial charge in [0.2, 0.25) is 0 Å². The number of fused-ring (bicyclic) bond motifs is 1. The molecule has 0 aromatic carbocycles. The summed E-state index contributed by atoms with van der Waals surface area (Å²) in [4.78, 5) is 2.53. The lowest BCUT2D eigenvalue weighted by Crippen LogP contribution is -2.39. The molecule has 2 atom stereocenters. The van der Waals surface area contributed by atoms with Crippen molar-refractivity contribution in [2.75, 3.05) is 32.8 Å². The zero-order valence-corrected chi connectivity index (χ0v) is 8.62. The number of nitrogens with two attached hydrogens (primary N) is 1. The first-order valence-corrected chi connectivity index (χ1v) is 5.20. The maximum Gasteiger partial charge on any atom is 0.0551 e. The van der Waals surface area contributed by atoms with Gasteiger partial charge in [0.25, 0.3) is 0 Å². The molecule has 2 fully saturated rings. The maximum atomic E-state index is 5.87. The molecule has 2 heterocycles. The van der Waals surface area contributed by atoms with E-state index in [-0.39, 0.29) is 5.41 Å². The van der Waals surface area contributed by atoms with Crippen molar-refractivity contribution in [1.29, 1.82) is 0 Å². The van der Waals surface area contributed by atoms with Crippen LogP contribution < -0.4 is 5.73 Å². The fraction of sp³-hybridized carbons (Fsp3) is 1.00. The van der Waals surface area contributed by atoms with Crippen LogP contribution in [0.4, 0.5) is 0 Å². The summed E-state index contributed by atoms with van der Waals surface area (Å²) >= 11 is 0. The van der Waals surface area contributed by atoms with E-state index in [4.69, 9.17) is 10.5 Å². The molecule has 76 valence electrons. The van der Waals surface area contributed by atoms with Crippen molar-refractivity contribution in [3.05, 3.63) is 0 Å². The third-order valence-electron chi connectivity index (χ3n) is 3.68. The van der Waals surface area contributed by atoms with Gasteiger partial charge in [-0.05, 0) is 13.8 Å². The number of hydrogen-bond donors (Lipinski definition) is 1. The summed E-state index contributed by atoms with van der Waals surface area (Å²) in [5, 5.41) is 0. The average Bonchev–Trinajstić information content (AvgIpc) is 2.58. The molecule has 0 bridgehead atoms. The van der Waals surface area contributed by atoms with Gasteiger partial charge in [-0.2, -0.15) is 0 Å². The van der Waals surface area contributed by atoms with Crippen LogP contribution in [-0.2, 0) is 4.74 Å². The minimum atomic E-state index is 0.282. The van der Waals surface area contributed by atoms with Crippen molar-refractivity contribution in [2.45, 2.75) is 19.9 Å². The lowest BCUT2D eigenvalue weighted by atomic mass is 9.81. The highest BCUT2D eigenvalue weighted by Crippen LogP contribution is 2.40. The Morgan fingerprint density at radius 3 is 2.92 bits per heavy atom. The number of likely N-dealkylation sites (tertiary alicyclic amines) is 1. The van der Waals surface area contributed by atoms with E-state index in [9.17, 15) is 0 Å². The lowest BCUT2D eigenvalue weighted by Gasteiger charge is -2.26.